The van der Waals surface area contributed by atoms with Crippen LogP contribution in [0, 0.1) is 34.6 Å². The SMILES string of the molecule is COc1cc2c(cc1-c1c(C)noc1C)[nH]c1nc(C)nc(Nc3cc(C)ccc3C)c12. The van der Waals surface area contributed by atoms with E-state index in [9.17, 15) is 0 Å². The Morgan fingerprint density at radius 3 is 2.53 bits per heavy atom. The van der Waals surface area contributed by atoms with E-state index in [2.05, 4.69) is 58.6 Å². The maximum atomic E-state index is 5.78. The number of rotatable bonds is 4. The number of nitrogens with one attached hydrogen (secondary N) is 2. The lowest BCUT2D eigenvalue weighted by molar-refractivity contribution is 0.393. The molecular formula is C25H25N5O2. The van der Waals surface area contributed by atoms with Crippen molar-refractivity contribution in [2.75, 3.05) is 12.4 Å². The van der Waals surface area contributed by atoms with E-state index in [0.29, 0.717) is 5.82 Å². The van der Waals surface area contributed by atoms with Crippen LogP contribution in [0.1, 0.15) is 28.4 Å². The van der Waals surface area contributed by atoms with Crippen molar-refractivity contribution in [1.29, 1.82) is 0 Å². The molecule has 0 fully saturated rings. The number of H-pyrrole nitrogens is 1. The molecule has 2 aromatic carbocycles. The molecule has 0 spiro atoms. The number of aryl methyl sites for hydroxylation is 5. The molecular weight excluding hydrogens is 402 g/mol. The number of methoxy groups -OCH3 is 1. The van der Waals surface area contributed by atoms with E-state index in [4.69, 9.17) is 14.2 Å². The summed E-state index contributed by atoms with van der Waals surface area (Å²) >= 11 is 0. The molecule has 7 heteroatoms. The maximum absolute atomic E-state index is 5.78. The van der Waals surface area contributed by atoms with Gasteiger partial charge in [-0.1, -0.05) is 17.3 Å². The third-order valence-corrected chi connectivity index (χ3v) is 5.83. The quantitative estimate of drug-likeness (QED) is 0.362. The summed E-state index contributed by atoms with van der Waals surface area (Å²) in [7, 11) is 1.67. The Kier molecular flexibility index (Phi) is 4.62. The highest BCUT2D eigenvalue weighted by atomic mass is 16.5. The first-order valence-corrected chi connectivity index (χ1v) is 10.5. The molecule has 0 aliphatic rings. The van der Waals surface area contributed by atoms with Gasteiger partial charge in [-0.25, -0.2) is 9.97 Å². The molecule has 32 heavy (non-hydrogen) atoms. The summed E-state index contributed by atoms with van der Waals surface area (Å²) in [6, 6.07) is 10.4. The van der Waals surface area contributed by atoms with Crippen LogP contribution in [0.15, 0.2) is 34.9 Å². The second-order valence-corrected chi connectivity index (χ2v) is 8.21. The zero-order valence-electron chi connectivity index (χ0n) is 19.0. The van der Waals surface area contributed by atoms with E-state index in [-0.39, 0.29) is 0 Å². The second kappa shape index (κ2) is 7.37. The normalized spacial score (nSPS) is 11.4. The summed E-state index contributed by atoms with van der Waals surface area (Å²) < 4.78 is 11.2. The topological polar surface area (TPSA) is 88.9 Å². The number of aromatic amines is 1. The predicted molar refractivity (Wildman–Crippen MR) is 127 cm³/mol. The number of anilines is 2. The Morgan fingerprint density at radius 2 is 1.81 bits per heavy atom. The Balaban J connectivity index is 1.77. The lowest BCUT2D eigenvalue weighted by atomic mass is 10.0. The molecule has 0 atom stereocenters. The van der Waals surface area contributed by atoms with E-state index in [1.807, 2.05) is 26.8 Å². The van der Waals surface area contributed by atoms with Gasteiger partial charge in [0.25, 0.3) is 0 Å². The number of hydrogen-bond acceptors (Lipinski definition) is 6. The minimum atomic E-state index is 0.690. The number of benzene rings is 2. The van der Waals surface area contributed by atoms with Crippen molar-refractivity contribution in [3.05, 3.63) is 58.7 Å². The van der Waals surface area contributed by atoms with Crippen molar-refractivity contribution in [1.82, 2.24) is 20.1 Å². The monoisotopic (exact) mass is 427 g/mol. The van der Waals surface area contributed by atoms with Crippen LogP contribution in [0.4, 0.5) is 11.5 Å². The van der Waals surface area contributed by atoms with Gasteiger partial charge in [0.05, 0.1) is 23.8 Å². The van der Waals surface area contributed by atoms with Crippen LogP contribution in [-0.4, -0.2) is 27.2 Å². The van der Waals surface area contributed by atoms with E-state index < -0.39 is 0 Å². The van der Waals surface area contributed by atoms with Gasteiger partial charge in [0.15, 0.2) is 0 Å². The first-order valence-electron chi connectivity index (χ1n) is 10.5. The predicted octanol–water partition coefficient (Wildman–Crippen LogP) is 6.06. The summed E-state index contributed by atoms with van der Waals surface area (Å²) in [4.78, 5) is 12.9. The summed E-state index contributed by atoms with van der Waals surface area (Å²) in [5.74, 6) is 2.95. The first-order chi connectivity index (χ1) is 15.4. The average molecular weight is 428 g/mol. The van der Waals surface area contributed by atoms with Gasteiger partial charge in [0.1, 0.15) is 28.8 Å². The van der Waals surface area contributed by atoms with Crippen LogP contribution in [0.25, 0.3) is 33.1 Å². The van der Waals surface area contributed by atoms with Crippen LogP contribution >= 0.6 is 0 Å². The van der Waals surface area contributed by atoms with E-state index in [1.54, 1.807) is 7.11 Å². The molecule has 0 aliphatic carbocycles. The van der Waals surface area contributed by atoms with Crippen LogP contribution in [0.2, 0.25) is 0 Å². The second-order valence-electron chi connectivity index (χ2n) is 8.21. The third-order valence-electron chi connectivity index (χ3n) is 5.83. The summed E-state index contributed by atoms with van der Waals surface area (Å²) in [5.41, 5.74) is 7.78. The van der Waals surface area contributed by atoms with Crippen molar-refractivity contribution >= 4 is 33.4 Å². The molecule has 0 aliphatic heterocycles. The van der Waals surface area contributed by atoms with Gasteiger partial charge in [-0.2, -0.15) is 0 Å². The molecule has 0 saturated carbocycles. The van der Waals surface area contributed by atoms with Crippen molar-refractivity contribution in [2.24, 2.45) is 0 Å². The van der Waals surface area contributed by atoms with Gasteiger partial charge < -0.3 is 19.6 Å². The summed E-state index contributed by atoms with van der Waals surface area (Å²) in [6.45, 7) is 9.90. The molecule has 7 nitrogen and oxygen atoms in total. The Morgan fingerprint density at radius 1 is 1.00 bits per heavy atom. The van der Waals surface area contributed by atoms with Crippen LogP contribution in [0.3, 0.4) is 0 Å². The van der Waals surface area contributed by atoms with Crippen molar-refractivity contribution in [3.8, 4) is 16.9 Å². The van der Waals surface area contributed by atoms with Gasteiger partial charge in [0.2, 0.25) is 0 Å². The average Bonchev–Trinajstić information content (AvgIpc) is 3.27. The van der Waals surface area contributed by atoms with Gasteiger partial charge in [-0.3, -0.25) is 0 Å². The first kappa shape index (κ1) is 20.1. The molecule has 3 aromatic heterocycles. The molecule has 5 rings (SSSR count). The fourth-order valence-electron chi connectivity index (χ4n) is 4.26. The summed E-state index contributed by atoms with van der Waals surface area (Å²) in [5, 5.41) is 9.55. The van der Waals surface area contributed by atoms with Gasteiger partial charge in [-0.15, -0.1) is 0 Å². The highest BCUT2D eigenvalue weighted by Crippen LogP contribution is 2.41. The highest BCUT2D eigenvalue weighted by molar-refractivity contribution is 6.13. The Bertz CT molecular complexity index is 1480. The number of ether oxygens (including phenoxy) is 1. The van der Waals surface area contributed by atoms with E-state index in [0.717, 1.165) is 67.3 Å². The summed E-state index contributed by atoms with van der Waals surface area (Å²) in [6.07, 6.45) is 0. The minimum Gasteiger partial charge on any atom is -0.496 e. The lowest BCUT2D eigenvalue weighted by Crippen LogP contribution is -2.00. The molecule has 0 amide bonds. The highest BCUT2D eigenvalue weighted by Gasteiger charge is 2.20. The molecule has 0 saturated heterocycles. The number of nitrogens with zero attached hydrogens (tertiary/aromatic N) is 3. The molecule has 0 radical (unpaired) electrons. The molecule has 0 unspecified atom stereocenters. The van der Waals surface area contributed by atoms with E-state index >= 15 is 0 Å². The molecule has 162 valence electrons. The molecule has 3 heterocycles. The van der Waals surface area contributed by atoms with Crippen LogP contribution in [0.5, 0.6) is 5.75 Å². The van der Waals surface area contributed by atoms with Crippen molar-refractivity contribution < 1.29 is 9.26 Å². The zero-order valence-corrected chi connectivity index (χ0v) is 19.0. The Labute approximate surface area is 185 Å². The van der Waals surface area contributed by atoms with Crippen LogP contribution < -0.4 is 10.1 Å². The lowest BCUT2D eigenvalue weighted by Gasteiger charge is -2.12. The molecule has 2 N–H and O–H groups in total. The van der Waals surface area contributed by atoms with Crippen molar-refractivity contribution in [3.63, 3.8) is 0 Å². The third kappa shape index (κ3) is 3.17. The largest absolute Gasteiger partial charge is 0.496 e. The molecule has 0 bridgehead atoms. The van der Waals surface area contributed by atoms with Gasteiger partial charge >= 0.3 is 0 Å². The number of aromatic nitrogens is 4. The van der Waals surface area contributed by atoms with Crippen molar-refractivity contribution in [2.45, 2.75) is 34.6 Å². The van der Waals surface area contributed by atoms with Gasteiger partial charge in [0, 0.05) is 22.2 Å². The minimum absolute atomic E-state index is 0.690. The fourth-order valence-corrected chi connectivity index (χ4v) is 4.26. The Hall–Kier alpha value is -3.87. The maximum Gasteiger partial charge on any atom is 0.144 e. The van der Waals surface area contributed by atoms with Gasteiger partial charge in [-0.05, 0) is 63.9 Å². The smallest absolute Gasteiger partial charge is 0.144 e. The number of hydrogen-bond donors (Lipinski definition) is 2. The standard InChI is InChI=1S/C25H25N5O2/c1-12-7-8-13(2)19(9-12)28-24-23-17-11-21(31-6)18(22-14(3)30-32-15(22)4)10-20(17)29-25(23)27-16(5)26-24/h7-11H,1-6H3,(H2,26,27,28,29). The van der Waals surface area contributed by atoms with Crippen LogP contribution in [-0.2, 0) is 0 Å². The number of fused-ring (bicyclic) bond motifs is 3. The molecule has 5 aromatic rings. The zero-order chi connectivity index (χ0) is 22.6. The fraction of sp³-hybridized carbons (Fsp3) is 0.240. The van der Waals surface area contributed by atoms with E-state index in [1.165, 1.54) is 5.56 Å².